The highest BCUT2D eigenvalue weighted by molar-refractivity contribution is 6.34. The van der Waals surface area contributed by atoms with Crippen LogP contribution in [-0.2, 0) is 0 Å². The Balaban J connectivity index is 2.18. The minimum absolute atomic E-state index is 0.245. The first-order valence-corrected chi connectivity index (χ1v) is 5.55. The van der Waals surface area contributed by atoms with Gasteiger partial charge in [0.05, 0.1) is 16.6 Å². The van der Waals surface area contributed by atoms with E-state index in [9.17, 15) is 4.79 Å². The number of nitrogens with zero attached hydrogens (tertiary/aromatic N) is 3. The molecule has 1 aromatic carbocycles. The molecule has 0 radical (unpaired) electrons. The normalized spacial score (nSPS) is 12.1. The van der Waals surface area contributed by atoms with Crippen molar-refractivity contribution in [2.45, 2.75) is 13.0 Å². The summed E-state index contributed by atoms with van der Waals surface area (Å²) in [6.07, 6.45) is 0. The molecule has 1 heterocycles. The van der Waals surface area contributed by atoms with Crippen LogP contribution < -0.4 is 11.1 Å². The number of tetrazole rings is 1. The Kier molecular flexibility index (Phi) is 3.42. The SMILES string of the molecule is CC(NC(=O)c1c(N)cccc1Cl)c1nn[nH]n1. The molecule has 0 aliphatic carbocycles. The number of aromatic amines is 1. The van der Waals surface area contributed by atoms with Crippen molar-refractivity contribution in [3.63, 3.8) is 0 Å². The number of carbonyl (C=O) groups is 1. The second-order valence-electron chi connectivity index (χ2n) is 3.67. The summed E-state index contributed by atoms with van der Waals surface area (Å²) < 4.78 is 0. The molecule has 18 heavy (non-hydrogen) atoms. The Morgan fingerprint density at radius 2 is 2.33 bits per heavy atom. The Hall–Kier alpha value is -2.15. The maximum Gasteiger partial charge on any atom is 0.255 e. The number of hydrogen-bond acceptors (Lipinski definition) is 5. The van der Waals surface area contributed by atoms with Gasteiger partial charge in [0.2, 0.25) is 0 Å². The third-order valence-corrected chi connectivity index (χ3v) is 2.68. The predicted molar refractivity (Wildman–Crippen MR) is 65.9 cm³/mol. The van der Waals surface area contributed by atoms with Crippen molar-refractivity contribution >= 4 is 23.2 Å². The van der Waals surface area contributed by atoms with E-state index in [1.54, 1.807) is 25.1 Å². The number of carbonyl (C=O) groups excluding carboxylic acids is 1. The van der Waals surface area contributed by atoms with Gasteiger partial charge in [0.1, 0.15) is 0 Å². The van der Waals surface area contributed by atoms with Crippen LogP contribution in [0.4, 0.5) is 5.69 Å². The van der Waals surface area contributed by atoms with Gasteiger partial charge in [-0.25, -0.2) is 0 Å². The highest BCUT2D eigenvalue weighted by Crippen LogP contribution is 2.22. The molecule has 0 aliphatic heterocycles. The summed E-state index contributed by atoms with van der Waals surface area (Å²) in [6.45, 7) is 1.73. The lowest BCUT2D eigenvalue weighted by atomic mass is 10.1. The molecule has 0 fully saturated rings. The average Bonchev–Trinajstić information content (AvgIpc) is 2.81. The van der Waals surface area contributed by atoms with Crippen molar-refractivity contribution in [1.29, 1.82) is 0 Å². The lowest BCUT2D eigenvalue weighted by Gasteiger charge is -2.12. The van der Waals surface area contributed by atoms with Gasteiger partial charge in [0.25, 0.3) is 5.91 Å². The average molecular weight is 267 g/mol. The lowest BCUT2D eigenvalue weighted by Crippen LogP contribution is -2.28. The fraction of sp³-hybridized carbons (Fsp3) is 0.200. The zero-order valence-electron chi connectivity index (χ0n) is 9.51. The van der Waals surface area contributed by atoms with Crippen molar-refractivity contribution in [1.82, 2.24) is 25.9 Å². The minimum atomic E-state index is -0.396. The summed E-state index contributed by atoms with van der Waals surface area (Å²) in [5.41, 5.74) is 6.29. The molecule has 0 saturated carbocycles. The van der Waals surface area contributed by atoms with Crippen molar-refractivity contribution in [2.24, 2.45) is 0 Å². The number of anilines is 1. The van der Waals surface area contributed by atoms with Gasteiger partial charge in [-0.2, -0.15) is 5.21 Å². The molecule has 0 saturated heterocycles. The molecule has 1 amide bonds. The van der Waals surface area contributed by atoms with Crippen LogP contribution in [-0.4, -0.2) is 26.5 Å². The maximum absolute atomic E-state index is 12.0. The van der Waals surface area contributed by atoms with Crippen LogP contribution in [0.25, 0.3) is 0 Å². The Bertz CT molecular complexity index is 535. The van der Waals surface area contributed by atoms with Crippen molar-refractivity contribution in [2.75, 3.05) is 5.73 Å². The number of nitrogens with one attached hydrogen (secondary N) is 2. The number of aromatic nitrogens is 4. The number of nitrogens with two attached hydrogens (primary N) is 1. The van der Waals surface area contributed by atoms with Crippen LogP contribution in [0, 0.1) is 0 Å². The Morgan fingerprint density at radius 1 is 1.56 bits per heavy atom. The third kappa shape index (κ3) is 2.40. The van der Waals surface area contributed by atoms with Crippen LogP contribution >= 0.6 is 11.6 Å². The lowest BCUT2D eigenvalue weighted by molar-refractivity contribution is 0.0939. The summed E-state index contributed by atoms with van der Waals surface area (Å²) in [5, 5.41) is 16.3. The molecular formula is C10H11ClN6O. The van der Waals surface area contributed by atoms with E-state index in [4.69, 9.17) is 17.3 Å². The first kappa shape index (κ1) is 12.3. The summed E-state index contributed by atoms with van der Waals surface area (Å²) in [4.78, 5) is 12.0. The van der Waals surface area contributed by atoms with Gasteiger partial charge in [-0.1, -0.05) is 22.9 Å². The Morgan fingerprint density at radius 3 is 2.94 bits per heavy atom. The molecule has 0 spiro atoms. The van der Waals surface area contributed by atoms with Crippen molar-refractivity contribution in [3.8, 4) is 0 Å². The number of amides is 1. The van der Waals surface area contributed by atoms with E-state index < -0.39 is 6.04 Å². The minimum Gasteiger partial charge on any atom is -0.398 e. The van der Waals surface area contributed by atoms with Crippen LogP contribution in [0.2, 0.25) is 5.02 Å². The fourth-order valence-electron chi connectivity index (χ4n) is 1.47. The van der Waals surface area contributed by atoms with Crippen LogP contribution in [0.5, 0.6) is 0 Å². The second-order valence-corrected chi connectivity index (χ2v) is 4.08. The molecule has 94 valence electrons. The highest BCUT2D eigenvalue weighted by atomic mass is 35.5. The van der Waals surface area contributed by atoms with E-state index in [-0.39, 0.29) is 11.5 Å². The summed E-state index contributed by atoms with van der Waals surface area (Å²) in [6, 6.07) is 4.50. The van der Waals surface area contributed by atoms with Gasteiger partial charge >= 0.3 is 0 Å². The molecular weight excluding hydrogens is 256 g/mol. The zero-order valence-corrected chi connectivity index (χ0v) is 10.3. The second kappa shape index (κ2) is 5.01. The zero-order chi connectivity index (χ0) is 13.1. The van der Waals surface area contributed by atoms with E-state index in [1.807, 2.05) is 0 Å². The van der Waals surface area contributed by atoms with Crippen LogP contribution in [0.15, 0.2) is 18.2 Å². The molecule has 1 unspecified atom stereocenters. The largest absolute Gasteiger partial charge is 0.398 e. The number of benzene rings is 1. The molecule has 4 N–H and O–H groups in total. The van der Waals surface area contributed by atoms with E-state index in [0.717, 1.165) is 0 Å². The fourth-order valence-corrected chi connectivity index (χ4v) is 1.73. The predicted octanol–water partition coefficient (Wildman–Crippen LogP) is 0.926. The number of nitrogen functional groups attached to an aromatic ring is 1. The molecule has 8 heteroatoms. The molecule has 0 aliphatic rings. The molecule has 2 rings (SSSR count). The van der Waals surface area contributed by atoms with Crippen molar-refractivity contribution in [3.05, 3.63) is 34.6 Å². The quantitative estimate of drug-likeness (QED) is 0.716. The Labute approximate surface area is 108 Å². The smallest absolute Gasteiger partial charge is 0.255 e. The topological polar surface area (TPSA) is 110 Å². The number of hydrogen-bond donors (Lipinski definition) is 3. The number of rotatable bonds is 3. The third-order valence-electron chi connectivity index (χ3n) is 2.37. The van der Waals surface area contributed by atoms with Gasteiger partial charge in [-0.05, 0) is 19.1 Å². The summed E-state index contributed by atoms with van der Waals surface area (Å²) in [5.74, 6) is 0.00405. The first-order chi connectivity index (χ1) is 8.59. The van der Waals surface area contributed by atoms with Crippen molar-refractivity contribution < 1.29 is 4.79 Å². The molecule has 1 aromatic heterocycles. The molecule has 1 atom stereocenters. The molecule has 0 bridgehead atoms. The van der Waals surface area contributed by atoms with E-state index >= 15 is 0 Å². The summed E-state index contributed by atoms with van der Waals surface area (Å²) in [7, 11) is 0. The molecule has 2 aromatic rings. The van der Waals surface area contributed by atoms with Gasteiger partial charge in [0.15, 0.2) is 5.82 Å². The van der Waals surface area contributed by atoms with Crippen LogP contribution in [0.1, 0.15) is 29.1 Å². The first-order valence-electron chi connectivity index (χ1n) is 5.17. The van der Waals surface area contributed by atoms with E-state index in [1.165, 1.54) is 0 Å². The summed E-state index contributed by atoms with van der Waals surface area (Å²) >= 11 is 5.94. The van der Waals surface area contributed by atoms with Gasteiger partial charge in [0, 0.05) is 5.69 Å². The van der Waals surface area contributed by atoms with E-state index in [2.05, 4.69) is 25.9 Å². The highest BCUT2D eigenvalue weighted by Gasteiger charge is 2.18. The van der Waals surface area contributed by atoms with Gasteiger partial charge in [-0.15, -0.1) is 10.2 Å². The van der Waals surface area contributed by atoms with Gasteiger partial charge in [-0.3, -0.25) is 4.79 Å². The number of H-pyrrole nitrogens is 1. The standard InChI is InChI=1S/C10H11ClN6O/c1-5(9-14-16-17-15-9)13-10(18)8-6(11)3-2-4-7(8)12/h2-5H,12H2,1H3,(H,13,18)(H,14,15,16,17). The van der Waals surface area contributed by atoms with Crippen LogP contribution in [0.3, 0.4) is 0 Å². The maximum atomic E-state index is 12.0. The van der Waals surface area contributed by atoms with E-state index in [0.29, 0.717) is 16.5 Å². The number of halogens is 1. The monoisotopic (exact) mass is 266 g/mol. The van der Waals surface area contributed by atoms with Gasteiger partial charge < -0.3 is 11.1 Å². The molecule has 7 nitrogen and oxygen atoms in total.